The number of nitrogens with zero attached hydrogens (tertiary/aromatic N) is 2. The first-order valence-electron chi connectivity index (χ1n) is 12.8. The van der Waals surface area contributed by atoms with Gasteiger partial charge in [0.25, 0.3) is 23.6 Å². The highest BCUT2D eigenvalue weighted by Crippen LogP contribution is 2.35. The zero-order valence-corrected chi connectivity index (χ0v) is 22.7. The number of carbonyl (C=O) groups excluding carboxylic acids is 6. The number of imide groups is 2. The maximum absolute atomic E-state index is 13.2. The predicted octanol–water partition coefficient (Wildman–Crippen LogP) is 4.65. The number of benzene rings is 4. The van der Waals surface area contributed by atoms with Crippen LogP contribution in [0.25, 0.3) is 0 Å². The van der Waals surface area contributed by atoms with Crippen LogP contribution in [0.5, 0.6) is 11.5 Å². The van der Waals surface area contributed by atoms with E-state index in [2.05, 4.69) is 9.47 Å². The molecule has 4 aromatic carbocycles. The van der Waals surface area contributed by atoms with Crippen molar-refractivity contribution in [2.45, 2.75) is 0 Å². The molecule has 6 rings (SSSR count). The zero-order chi connectivity index (χ0) is 30.4. The molecule has 0 saturated carbocycles. The average Bonchev–Trinajstić information content (AvgIpc) is 3.43. The molecule has 0 radical (unpaired) electrons. The van der Waals surface area contributed by atoms with Crippen LogP contribution < -0.4 is 14.5 Å². The van der Waals surface area contributed by atoms with E-state index < -0.39 is 35.6 Å². The first-order valence-corrected chi connectivity index (χ1v) is 12.8. The Bertz CT molecular complexity index is 1740. The molecule has 2 aliphatic rings. The second-order valence-corrected chi connectivity index (χ2v) is 9.49. The molecule has 2 heterocycles. The molecule has 11 nitrogen and oxygen atoms in total. The van der Waals surface area contributed by atoms with E-state index in [1.807, 2.05) is 0 Å². The van der Waals surface area contributed by atoms with Gasteiger partial charge in [-0.05, 0) is 84.9 Å². The molecule has 0 saturated heterocycles. The summed E-state index contributed by atoms with van der Waals surface area (Å²) in [6, 6.07) is 20.6. The molecular weight excluding hydrogens is 556 g/mol. The van der Waals surface area contributed by atoms with Crippen molar-refractivity contribution in [2.75, 3.05) is 24.0 Å². The van der Waals surface area contributed by atoms with Gasteiger partial charge in [0.1, 0.15) is 11.5 Å². The van der Waals surface area contributed by atoms with Crippen molar-refractivity contribution in [2.24, 2.45) is 0 Å². The van der Waals surface area contributed by atoms with Gasteiger partial charge in [-0.2, -0.15) is 0 Å². The summed E-state index contributed by atoms with van der Waals surface area (Å²) in [6.07, 6.45) is 0. The summed E-state index contributed by atoms with van der Waals surface area (Å²) in [5, 5.41) is 0. The molecule has 4 aromatic rings. The van der Waals surface area contributed by atoms with Crippen LogP contribution in [0.1, 0.15) is 62.1 Å². The zero-order valence-electron chi connectivity index (χ0n) is 22.7. The molecule has 0 unspecified atom stereocenters. The highest BCUT2D eigenvalue weighted by atomic mass is 16.5. The van der Waals surface area contributed by atoms with Crippen LogP contribution in [0.3, 0.4) is 0 Å². The molecule has 0 aliphatic carbocycles. The predicted molar refractivity (Wildman–Crippen MR) is 151 cm³/mol. The molecule has 0 fully saturated rings. The van der Waals surface area contributed by atoms with Crippen LogP contribution in [0, 0.1) is 0 Å². The fourth-order valence-corrected chi connectivity index (χ4v) is 4.90. The van der Waals surface area contributed by atoms with Crippen LogP contribution in [-0.2, 0) is 9.47 Å². The Kier molecular flexibility index (Phi) is 6.54. The summed E-state index contributed by atoms with van der Waals surface area (Å²) in [5.41, 5.74) is 1.71. The molecule has 212 valence electrons. The summed E-state index contributed by atoms with van der Waals surface area (Å²) in [4.78, 5) is 77.9. The average molecular weight is 577 g/mol. The van der Waals surface area contributed by atoms with Gasteiger partial charge < -0.3 is 14.2 Å². The van der Waals surface area contributed by atoms with E-state index in [0.717, 1.165) is 9.80 Å². The molecule has 0 bridgehead atoms. The number of carbonyl (C=O) groups is 6. The fourth-order valence-electron chi connectivity index (χ4n) is 4.90. The summed E-state index contributed by atoms with van der Waals surface area (Å²) in [7, 11) is 2.51. The third-order valence-corrected chi connectivity index (χ3v) is 7.04. The number of anilines is 2. The number of hydrogen-bond donors (Lipinski definition) is 0. The van der Waals surface area contributed by atoms with Gasteiger partial charge in [-0.25, -0.2) is 19.4 Å². The third-order valence-electron chi connectivity index (χ3n) is 7.04. The number of methoxy groups -OCH3 is 2. The lowest BCUT2D eigenvalue weighted by Gasteiger charge is -2.14. The first-order chi connectivity index (χ1) is 20.7. The third kappa shape index (κ3) is 4.49. The minimum atomic E-state index is -0.570. The van der Waals surface area contributed by atoms with E-state index in [-0.39, 0.29) is 56.3 Å². The Hall–Kier alpha value is -6.10. The van der Waals surface area contributed by atoms with E-state index in [1.54, 1.807) is 0 Å². The van der Waals surface area contributed by atoms with Gasteiger partial charge >= 0.3 is 11.9 Å². The number of hydrogen-bond acceptors (Lipinski definition) is 9. The lowest BCUT2D eigenvalue weighted by Crippen LogP contribution is -2.29. The van der Waals surface area contributed by atoms with E-state index >= 15 is 0 Å². The normalized spacial score (nSPS) is 13.6. The molecule has 43 heavy (non-hydrogen) atoms. The van der Waals surface area contributed by atoms with Crippen molar-refractivity contribution < 1.29 is 43.0 Å². The summed E-state index contributed by atoms with van der Waals surface area (Å²) < 4.78 is 15.3. The van der Waals surface area contributed by atoms with Crippen LogP contribution in [-0.4, -0.2) is 49.8 Å². The molecular formula is C32H20N2O9. The molecule has 0 N–H and O–H groups in total. The van der Waals surface area contributed by atoms with E-state index in [4.69, 9.17) is 4.74 Å². The Balaban J connectivity index is 1.22. The van der Waals surface area contributed by atoms with Crippen molar-refractivity contribution in [3.63, 3.8) is 0 Å². The van der Waals surface area contributed by atoms with Crippen molar-refractivity contribution in [3.05, 3.63) is 118 Å². The number of amides is 4. The number of ether oxygens (including phenoxy) is 3. The van der Waals surface area contributed by atoms with Gasteiger partial charge in [-0.3, -0.25) is 19.2 Å². The van der Waals surface area contributed by atoms with Gasteiger partial charge in [0.2, 0.25) is 0 Å². The van der Waals surface area contributed by atoms with E-state index in [0.29, 0.717) is 0 Å². The smallest absolute Gasteiger partial charge is 0.337 e. The number of rotatable bonds is 6. The van der Waals surface area contributed by atoms with Crippen molar-refractivity contribution >= 4 is 46.9 Å². The molecule has 0 atom stereocenters. The highest BCUT2D eigenvalue weighted by Gasteiger charge is 2.38. The minimum Gasteiger partial charge on any atom is -0.465 e. The Labute approximate surface area is 243 Å². The summed E-state index contributed by atoms with van der Waals surface area (Å²) in [5.74, 6) is -2.83. The SMILES string of the molecule is COC(=O)c1ccc(N2C(=O)c3ccc(Oc4ccc5c(c4)C(=O)N(c4ccc(C(=O)OC)cc4)C5=O)cc3C2=O)cc1. The van der Waals surface area contributed by atoms with Gasteiger partial charge in [0, 0.05) is 0 Å². The maximum atomic E-state index is 13.2. The quantitative estimate of drug-likeness (QED) is 0.237. The summed E-state index contributed by atoms with van der Waals surface area (Å²) in [6.45, 7) is 0. The summed E-state index contributed by atoms with van der Waals surface area (Å²) >= 11 is 0. The van der Waals surface area contributed by atoms with E-state index in [9.17, 15) is 28.8 Å². The fraction of sp³-hybridized carbons (Fsp3) is 0.0625. The van der Waals surface area contributed by atoms with Crippen molar-refractivity contribution in [3.8, 4) is 11.5 Å². The Morgan fingerprint density at radius 3 is 1.19 bits per heavy atom. The molecule has 0 spiro atoms. The second-order valence-electron chi connectivity index (χ2n) is 9.49. The van der Waals surface area contributed by atoms with Crippen LogP contribution >= 0.6 is 0 Å². The van der Waals surface area contributed by atoms with E-state index in [1.165, 1.54) is 99.1 Å². The lowest BCUT2D eigenvalue weighted by atomic mass is 10.1. The molecule has 0 aromatic heterocycles. The molecule has 4 amide bonds. The topological polar surface area (TPSA) is 137 Å². The highest BCUT2D eigenvalue weighted by molar-refractivity contribution is 6.35. The van der Waals surface area contributed by atoms with Crippen LogP contribution in [0.4, 0.5) is 11.4 Å². The molecule has 11 heteroatoms. The lowest BCUT2D eigenvalue weighted by molar-refractivity contribution is 0.0592. The van der Waals surface area contributed by atoms with Crippen LogP contribution in [0.2, 0.25) is 0 Å². The largest absolute Gasteiger partial charge is 0.465 e. The van der Waals surface area contributed by atoms with Crippen LogP contribution in [0.15, 0.2) is 84.9 Å². The minimum absolute atomic E-state index is 0.119. The molecule has 2 aliphatic heterocycles. The van der Waals surface area contributed by atoms with Crippen molar-refractivity contribution in [1.82, 2.24) is 0 Å². The van der Waals surface area contributed by atoms with Gasteiger partial charge in [0.15, 0.2) is 0 Å². The Morgan fingerprint density at radius 1 is 0.488 bits per heavy atom. The standard InChI is InChI=1S/C32H20N2O9/c1-41-31(39)17-3-7-19(8-4-17)33-27(35)23-13-11-21(15-25(23)29(33)37)43-22-12-14-24-26(16-22)30(38)34(28(24)36)20-9-5-18(6-10-20)32(40)42-2/h3-16H,1-2H3. The second kappa shape index (κ2) is 10.4. The first kappa shape index (κ1) is 27.1. The maximum Gasteiger partial charge on any atom is 0.337 e. The van der Waals surface area contributed by atoms with Crippen molar-refractivity contribution in [1.29, 1.82) is 0 Å². The van der Waals surface area contributed by atoms with Gasteiger partial charge in [0.05, 0.1) is 59.0 Å². The number of fused-ring (bicyclic) bond motifs is 2. The van der Waals surface area contributed by atoms with Gasteiger partial charge in [-0.15, -0.1) is 0 Å². The number of esters is 2. The Morgan fingerprint density at radius 2 is 0.837 bits per heavy atom. The monoisotopic (exact) mass is 576 g/mol. The van der Waals surface area contributed by atoms with Gasteiger partial charge in [-0.1, -0.05) is 0 Å².